The molecule has 0 fully saturated rings. The van der Waals surface area contributed by atoms with Crippen LogP contribution in [0.2, 0.25) is 0 Å². The molecule has 2 heterocycles. The number of fused-ring (bicyclic) bond motifs is 1. The van der Waals surface area contributed by atoms with Crippen molar-refractivity contribution < 1.29 is 0 Å². The molecule has 0 saturated carbocycles. The number of hydrogen-bond acceptors (Lipinski definition) is 2. The molecule has 0 atom stereocenters. The number of H-pyrrole nitrogens is 1. The normalized spacial score (nSPS) is 10.9. The molecule has 24 heavy (non-hydrogen) atoms. The first-order chi connectivity index (χ1) is 11.7. The van der Waals surface area contributed by atoms with Crippen LogP contribution in [0.1, 0.15) is 11.4 Å². The van der Waals surface area contributed by atoms with Gasteiger partial charge in [-0.2, -0.15) is 0 Å². The summed E-state index contributed by atoms with van der Waals surface area (Å²) in [6, 6.07) is 21.1. The Kier molecular flexibility index (Phi) is 3.54. The van der Waals surface area contributed by atoms with Crippen LogP contribution in [0.3, 0.4) is 0 Å². The summed E-state index contributed by atoms with van der Waals surface area (Å²) >= 11 is 0. The molecule has 0 aliphatic carbocycles. The average Bonchev–Trinajstić information content (AvgIpc) is 3.02. The summed E-state index contributed by atoms with van der Waals surface area (Å²) in [5.41, 5.74) is 7.77. The van der Waals surface area contributed by atoms with Gasteiger partial charge in [-0.15, -0.1) is 0 Å². The predicted octanol–water partition coefficient (Wildman–Crippen LogP) is 5.59. The Bertz CT molecular complexity index is 994. The summed E-state index contributed by atoms with van der Waals surface area (Å²) in [6.07, 6.45) is 1.98. The molecule has 0 unspecified atom stereocenters. The summed E-state index contributed by atoms with van der Waals surface area (Å²) in [6.45, 7) is 4.03. The number of benzene rings is 2. The van der Waals surface area contributed by atoms with E-state index in [0.717, 1.165) is 28.3 Å². The first kappa shape index (κ1) is 14.5. The Morgan fingerprint density at radius 1 is 0.833 bits per heavy atom. The molecule has 0 radical (unpaired) electrons. The average molecular weight is 313 g/mol. The number of anilines is 2. The molecule has 2 N–H and O–H groups in total. The molecule has 2 aromatic heterocycles. The van der Waals surface area contributed by atoms with E-state index in [4.69, 9.17) is 0 Å². The molecule has 0 bridgehead atoms. The van der Waals surface area contributed by atoms with Crippen LogP contribution in [-0.2, 0) is 0 Å². The zero-order valence-corrected chi connectivity index (χ0v) is 13.8. The summed E-state index contributed by atoms with van der Waals surface area (Å²) in [7, 11) is 0. The van der Waals surface area contributed by atoms with E-state index in [1.54, 1.807) is 0 Å². The Hall–Kier alpha value is -3.07. The van der Waals surface area contributed by atoms with Gasteiger partial charge in [-0.25, -0.2) is 0 Å². The Labute approximate surface area is 141 Å². The maximum absolute atomic E-state index is 4.43. The fourth-order valence-corrected chi connectivity index (χ4v) is 3.17. The van der Waals surface area contributed by atoms with Crippen molar-refractivity contribution in [3.8, 4) is 11.1 Å². The lowest BCUT2D eigenvalue weighted by Crippen LogP contribution is -1.94. The van der Waals surface area contributed by atoms with Gasteiger partial charge in [-0.1, -0.05) is 24.3 Å². The summed E-state index contributed by atoms with van der Waals surface area (Å²) in [4.78, 5) is 7.70. The molecule has 2 aromatic carbocycles. The van der Waals surface area contributed by atoms with Gasteiger partial charge in [-0.3, -0.25) is 4.98 Å². The van der Waals surface area contributed by atoms with Crippen LogP contribution in [0.25, 0.3) is 22.0 Å². The summed E-state index contributed by atoms with van der Waals surface area (Å²) < 4.78 is 0. The highest BCUT2D eigenvalue weighted by atomic mass is 14.9. The Balaban J connectivity index is 1.72. The van der Waals surface area contributed by atoms with Crippen LogP contribution in [-0.4, -0.2) is 9.97 Å². The number of hydrogen-bond donors (Lipinski definition) is 2. The molecular weight excluding hydrogens is 294 g/mol. The van der Waals surface area contributed by atoms with E-state index in [1.807, 2.05) is 20.0 Å². The van der Waals surface area contributed by atoms with E-state index in [-0.39, 0.29) is 0 Å². The Morgan fingerprint density at radius 2 is 1.62 bits per heavy atom. The quantitative estimate of drug-likeness (QED) is 0.517. The molecule has 0 aliphatic heterocycles. The van der Waals surface area contributed by atoms with Crippen molar-refractivity contribution in [2.75, 3.05) is 5.32 Å². The highest BCUT2D eigenvalue weighted by Crippen LogP contribution is 2.30. The van der Waals surface area contributed by atoms with Crippen LogP contribution in [0.5, 0.6) is 0 Å². The van der Waals surface area contributed by atoms with Crippen molar-refractivity contribution in [1.82, 2.24) is 9.97 Å². The van der Waals surface area contributed by atoms with Crippen LogP contribution in [0.4, 0.5) is 11.4 Å². The van der Waals surface area contributed by atoms with Crippen molar-refractivity contribution in [2.45, 2.75) is 13.8 Å². The highest BCUT2D eigenvalue weighted by molar-refractivity contribution is 5.95. The summed E-state index contributed by atoms with van der Waals surface area (Å²) in [5.74, 6) is 0. The minimum Gasteiger partial charge on any atom is -0.361 e. The summed E-state index contributed by atoms with van der Waals surface area (Å²) in [5, 5.41) is 4.73. The molecule has 3 heteroatoms. The van der Waals surface area contributed by atoms with Gasteiger partial charge in [0.05, 0.1) is 0 Å². The van der Waals surface area contributed by atoms with Crippen LogP contribution in [0, 0.1) is 13.8 Å². The monoisotopic (exact) mass is 313 g/mol. The van der Waals surface area contributed by atoms with Crippen molar-refractivity contribution >= 4 is 22.3 Å². The second kappa shape index (κ2) is 5.85. The minimum absolute atomic E-state index is 1.02. The number of aromatic nitrogens is 2. The fourth-order valence-electron chi connectivity index (χ4n) is 3.17. The lowest BCUT2D eigenvalue weighted by molar-refractivity contribution is 1.12. The van der Waals surface area contributed by atoms with Gasteiger partial charge in [0.2, 0.25) is 0 Å². The van der Waals surface area contributed by atoms with Gasteiger partial charge < -0.3 is 10.3 Å². The standard InChI is InChI=1S/C21H19N3/c1-14-11-18(12-15(2)23-14)24-17-6-3-5-16(13-17)19-7-4-8-21-20(19)9-10-22-21/h3-13,22H,1-2H3,(H,23,24). The van der Waals surface area contributed by atoms with E-state index in [0.29, 0.717) is 0 Å². The van der Waals surface area contributed by atoms with E-state index in [1.165, 1.54) is 16.5 Å². The lowest BCUT2D eigenvalue weighted by atomic mass is 10.0. The van der Waals surface area contributed by atoms with Crippen molar-refractivity contribution in [3.63, 3.8) is 0 Å². The third kappa shape index (κ3) is 2.76. The third-order valence-electron chi connectivity index (χ3n) is 4.14. The fraction of sp³-hybridized carbons (Fsp3) is 0.0952. The van der Waals surface area contributed by atoms with Crippen LogP contribution >= 0.6 is 0 Å². The van der Waals surface area contributed by atoms with Gasteiger partial charge in [0.15, 0.2) is 0 Å². The molecule has 4 aromatic rings. The molecular formula is C21H19N3. The van der Waals surface area contributed by atoms with Crippen molar-refractivity contribution in [3.05, 3.63) is 78.2 Å². The molecule has 4 rings (SSSR count). The molecule has 0 amide bonds. The van der Waals surface area contributed by atoms with Crippen LogP contribution < -0.4 is 5.32 Å². The number of aryl methyl sites for hydroxylation is 2. The molecule has 0 saturated heterocycles. The number of pyridine rings is 1. The maximum Gasteiger partial charge on any atom is 0.0460 e. The maximum atomic E-state index is 4.43. The van der Waals surface area contributed by atoms with E-state index < -0.39 is 0 Å². The zero-order valence-electron chi connectivity index (χ0n) is 13.8. The molecule has 0 aliphatic rings. The van der Waals surface area contributed by atoms with Crippen molar-refractivity contribution in [2.24, 2.45) is 0 Å². The van der Waals surface area contributed by atoms with E-state index >= 15 is 0 Å². The highest BCUT2D eigenvalue weighted by Gasteiger charge is 2.05. The number of nitrogens with zero attached hydrogens (tertiary/aromatic N) is 1. The first-order valence-corrected chi connectivity index (χ1v) is 8.08. The topological polar surface area (TPSA) is 40.7 Å². The van der Waals surface area contributed by atoms with Gasteiger partial charge in [0, 0.05) is 39.9 Å². The lowest BCUT2D eigenvalue weighted by Gasteiger charge is -2.11. The number of aromatic amines is 1. The van der Waals surface area contributed by atoms with Gasteiger partial charge in [-0.05, 0) is 61.4 Å². The zero-order chi connectivity index (χ0) is 16.5. The second-order valence-electron chi connectivity index (χ2n) is 6.09. The largest absolute Gasteiger partial charge is 0.361 e. The molecule has 0 spiro atoms. The van der Waals surface area contributed by atoms with Gasteiger partial charge in [0.25, 0.3) is 0 Å². The SMILES string of the molecule is Cc1cc(Nc2cccc(-c3cccc4[nH]ccc34)c2)cc(C)n1. The second-order valence-corrected chi connectivity index (χ2v) is 6.09. The number of rotatable bonds is 3. The smallest absolute Gasteiger partial charge is 0.0460 e. The predicted molar refractivity (Wildman–Crippen MR) is 101 cm³/mol. The number of nitrogens with one attached hydrogen (secondary N) is 2. The molecule has 118 valence electrons. The van der Waals surface area contributed by atoms with E-state index in [2.05, 4.69) is 75.9 Å². The first-order valence-electron chi connectivity index (χ1n) is 8.08. The van der Waals surface area contributed by atoms with Gasteiger partial charge in [0.1, 0.15) is 0 Å². The minimum atomic E-state index is 1.02. The Morgan fingerprint density at radius 3 is 2.46 bits per heavy atom. The van der Waals surface area contributed by atoms with Crippen molar-refractivity contribution in [1.29, 1.82) is 0 Å². The van der Waals surface area contributed by atoms with Gasteiger partial charge >= 0.3 is 0 Å². The molecule has 3 nitrogen and oxygen atoms in total. The third-order valence-corrected chi connectivity index (χ3v) is 4.14. The van der Waals surface area contributed by atoms with E-state index in [9.17, 15) is 0 Å². The van der Waals surface area contributed by atoms with Crippen LogP contribution in [0.15, 0.2) is 66.9 Å².